The number of ether oxygens (including phenoxy) is 2. The average Bonchev–Trinajstić information content (AvgIpc) is 3.32. The van der Waals surface area contributed by atoms with Crippen LogP contribution in [0.15, 0.2) is 70.1 Å². The average molecular weight is 377 g/mol. The molecule has 0 bridgehead atoms. The molecule has 5 nitrogen and oxygen atoms in total. The smallest absolute Gasteiger partial charge is 0.231 e. The van der Waals surface area contributed by atoms with Gasteiger partial charge in [-0.1, -0.05) is 23.7 Å². The first-order chi connectivity index (χ1) is 13.3. The lowest BCUT2D eigenvalue weighted by Crippen LogP contribution is -1.92. The van der Waals surface area contributed by atoms with Gasteiger partial charge in [0.2, 0.25) is 12.7 Å². The molecule has 27 heavy (non-hydrogen) atoms. The van der Waals surface area contributed by atoms with E-state index in [2.05, 4.69) is 9.98 Å². The van der Waals surface area contributed by atoms with Crippen LogP contribution >= 0.6 is 11.6 Å². The van der Waals surface area contributed by atoms with Crippen LogP contribution in [-0.4, -0.2) is 18.0 Å². The van der Waals surface area contributed by atoms with Crippen LogP contribution in [0.3, 0.4) is 0 Å². The Morgan fingerprint density at radius 1 is 0.963 bits per heavy atom. The molecule has 0 atom stereocenters. The lowest BCUT2D eigenvalue weighted by Gasteiger charge is -2.01. The van der Waals surface area contributed by atoms with Gasteiger partial charge in [-0.3, -0.25) is 4.99 Å². The van der Waals surface area contributed by atoms with Crippen molar-refractivity contribution in [1.82, 2.24) is 4.98 Å². The second-order valence-corrected chi connectivity index (χ2v) is 6.43. The first kappa shape index (κ1) is 15.9. The van der Waals surface area contributed by atoms with Crippen molar-refractivity contribution in [2.24, 2.45) is 4.99 Å². The molecule has 1 aliphatic heterocycles. The van der Waals surface area contributed by atoms with Gasteiger partial charge in [-0.15, -0.1) is 0 Å². The van der Waals surface area contributed by atoms with Gasteiger partial charge in [-0.2, -0.15) is 0 Å². The highest BCUT2D eigenvalue weighted by molar-refractivity contribution is 6.33. The van der Waals surface area contributed by atoms with E-state index in [-0.39, 0.29) is 6.79 Å². The molecule has 6 heteroatoms. The lowest BCUT2D eigenvalue weighted by atomic mass is 10.2. The molecule has 3 aromatic carbocycles. The number of para-hydroxylation sites is 2. The summed E-state index contributed by atoms with van der Waals surface area (Å²) in [5.74, 6) is 1.91. The minimum absolute atomic E-state index is 0.212. The zero-order valence-corrected chi connectivity index (χ0v) is 14.8. The number of aliphatic imine (C=N–C) groups is 1. The van der Waals surface area contributed by atoms with Crippen molar-refractivity contribution in [3.8, 4) is 23.0 Å². The molecule has 0 spiro atoms. The topological polar surface area (TPSA) is 56.9 Å². The van der Waals surface area contributed by atoms with Gasteiger partial charge in [-0.25, -0.2) is 4.98 Å². The first-order valence-corrected chi connectivity index (χ1v) is 8.73. The van der Waals surface area contributed by atoms with Gasteiger partial charge in [-0.05, 0) is 42.5 Å². The summed E-state index contributed by atoms with van der Waals surface area (Å²) in [6, 6.07) is 18.9. The van der Waals surface area contributed by atoms with Gasteiger partial charge in [0.25, 0.3) is 0 Å². The quantitative estimate of drug-likeness (QED) is 0.435. The summed E-state index contributed by atoms with van der Waals surface area (Å²) in [6.45, 7) is 0.212. The van der Waals surface area contributed by atoms with Crippen molar-refractivity contribution >= 4 is 34.6 Å². The van der Waals surface area contributed by atoms with Gasteiger partial charge >= 0.3 is 0 Å². The number of hydrogen-bond donors (Lipinski definition) is 0. The molecule has 4 aromatic rings. The van der Waals surface area contributed by atoms with Crippen LogP contribution < -0.4 is 9.47 Å². The number of aromatic nitrogens is 1. The van der Waals surface area contributed by atoms with Gasteiger partial charge < -0.3 is 13.9 Å². The monoisotopic (exact) mass is 376 g/mol. The van der Waals surface area contributed by atoms with E-state index in [1.807, 2.05) is 54.6 Å². The summed E-state index contributed by atoms with van der Waals surface area (Å²) in [5, 5.41) is 0.561. The van der Waals surface area contributed by atoms with Gasteiger partial charge in [0.05, 0.1) is 10.7 Å². The van der Waals surface area contributed by atoms with Crippen molar-refractivity contribution in [2.75, 3.05) is 6.79 Å². The van der Waals surface area contributed by atoms with Crippen molar-refractivity contribution < 1.29 is 13.9 Å². The number of nitrogens with zero attached hydrogens (tertiary/aromatic N) is 2. The van der Waals surface area contributed by atoms with Crippen LogP contribution in [0.5, 0.6) is 11.5 Å². The summed E-state index contributed by atoms with van der Waals surface area (Å²) in [5.41, 5.74) is 4.07. The third-order valence-corrected chi connectivity index (χ3v) is 4.58. The molecule has 0 radical (unpaired) electrons. The molecule has 0 unspecified atom stereocenters. The molecule has 132 valence electrons. The third kappa shape index (κ3) is 3.02. The lowest BCUT2D eigenvalue weighted by molar-refractivity contribution is 0.174. The Kier molecular flexibility index (Phi) is 3.80. The fourth-order valence-electron chi connectivity index (χ4n) is 2.86. The molecule has 2 heterocycles. The number of oxazole rings is 1. The van der Waals surface area contributed by atoms with E-state index in [1.165, 1.54) is 0 Å². The fourth-order valence-corrected chi connectivity index (χ4v) is 3.06. The predicted molar refractivity (Wildman–Crippen MR) is 104 cm³/mol. The van der Waals surface area contributed by atoms with E-state index in [9.17, 15) is 0 Å². The van der Waals surface area contributed by atoms with Crippen LogP contribution in [-0.2, 0) is 0 Å². The highest BCUT2D eigenvalue weighted by Gasteiger charge is 2.15. The summed E-state index contributed by atoms with van der Waals surface area (Å²) in [6.07, 6.45) is 1.71. The van der Waals surface area contributed by atoms with Crippen LogP contribution in [0.1, 0.15) is 5.56 Å². The highest BCUT2D eigenvalue weighted by Crippen LogP contribution is 2.36. The van der Waals surface area contributed by atoms with E-state index in [0.29, 0.717) is 22.4 Å². The summed E-state index contributed by atoms with van der Waals surface area (Å²) in [4.78, 5) is 8.99. The van der Waals surface area contributed by atoms with Crippen molar-refractivity contribution in [3.05, 3.63) is 71.2 Å². The van der Waals surface area contributed by atoms with E-state index in [0.717, 1.165) is 27.9 Å². The normalized spacial score (nSPS) is 12.9. The first-order valence-electron chi connectivity index (χ1n) is 8.35. The molecule has 5 rings (SSSR count). The molecule has 0 fully saturated rings. The maximum atomic E-state index is 6.27. The number of benzene rings is 3. The molecule has 0 amide bonds. The molecule has 0 saturated carbocycles. The minimum atomic E-state index is 0.212. The fraction of sp³-hybridized carbons (Fsp3) is 0.0476. The number of hydrogen-bond acceptors (Lipinski definition) is 5. The van der Waals surface area contributed by atoms with Crippen LogP contribution in [0.2, 0.25) is 5.02 Å². The standard InChI is InChI=1S/C21H13ClN2O3/c22-16-10-20-19(25-12-26-20)9-14(16)11-23-15-7-5-13(6-8-15)21-24-17-3-1-2-4-18(17)27-21/h1-11H,12H2. The van der Waals surface area contributed by atoms with Crippen molar-refractivity contribution in [3.63, 3.8) is 0 Å². The van der Waals surface area contributed by atoms with Gasteiger partial charge in [0.1, 0.15) is 5.52 Å². The Hall–Kier alpha value is -3.31. The third-order valence-electron chi connectivity index (χ3n) is 4.25. The second kappa shape index (κ2) is 6.45. The zero-order chi connectivity index (χ0) is 18.2. The molecular formula is C21H13ClN2O3. The molecule has 0 saturated heterocycles. The zero-order valence-electron chi connectivity index (χ0n) is 14.1. The van der Waals surface area contributed by atoms with Crippen molar-refractivity contribution in [2.45, 2.75) is 0 Å². The van der Waals surface area contributed by atoms with Crippen LogP contribution in [0.4, 0.5) is 5.69 Å². The molecule has 0 aliphatic carbocycles. The highest BCUT2D eigenvalue weighted by atomic mass is 35.5. The Morgan fingerprint density at radius 2 is 1.74 bits per heavy atom. The van der Waals surface area contributed by atoms with Crippen LogP contribution in [0.25, 0.3) is 22.6 Å². The number of fused-ring (bicyclic) bond motifs is 2. The molecule has 1 aromatic heterocycles. The maximum Gasteiger partial charge on any atom is 0.231 e. The summed E-state index contributed by atoms with van der Waals surface area (Å²) < 4.78 is 16.5. The van der Waals surface area contributed by atoms with Crippen molar-refractivity contribution in [1.29, 1.82) is 0 Å². The summed E-state index contributed by atoms with van der Waals surface area (Å²) in [7, 11) is 0. The summed E-state index contributed by atoms with van der Waals surface area (Å²) >= 11 is 6.27. The number of halogens is 1. The van der Waals surface area contributed by atoms with E-state index >= 15 is 0 Å². The maximum absolute atomic E-state index is 6.27. The molecule has 1 aliphatic rings. The minimum Gasteiger partial charge on any atom is -0.454 e. The van der Waals surface area contributed by atoms with Crippen LogP contribution in [0, 0.1) is 0 Å². The Bertz CT molecular complexity index is 1130. The Morgan fingerprint density at radius 3 is 2.56 bits per heavy atom. The van der Waals surface area contributed by atoms with Gasteiger partial charge in [0, 0.05) is 23.4 Å². The second-order valence-electron chi connectivity index (χ2n) is 6.02. The number of rotatable bonds is 3. The van der Waals surface area contributed by atoms with E-state index < -0.39 is 0 Å². The Balaban J connectivity index is 1.40. The van der Waals surface area contributed by atoms with Gasteiger partial charge in [0.15, 0.2) is 17.1 Å². The Labute approximate surface area is 159 Å². The van der Waals surface area contributed by atoms with E-state index in [1.54, 1.807) is 12.3 Å². The predicted octanol–water partition coefficient (Wildman–Crippen LogP) is 5.63. The van der Waals surface area contributed by atoms with E-state index in [4.69, 9.17) is 25.5 Å². The molecule has 0 N–H and O–H groups in total. The molecular weight excluding hydrogens is 364 g/mol. The SMILES string of the molecule is Clc1cc2c(cc1C=Nc1ccc(-c3nc4ccccc4o3)cc1)OCO2. The largest absolute Gasteiger partial charge is 0.454 e.